The number of amides is 1. The van der Waals surface area contributed by atoms with Crippen molar-refractivity contribution in [3.05, 3.63) is 58.9 Å². The van der Waals surface area contributed by atoms with E-state index < -0.39 is 29.7 Å². The molecule has 0 saturated heterocycles. The summed E-state index contributed by atoms with van der Waals surface area (Å²) in [4.78, 5) is 34.5. The van der Waals surface area contributed by atoms with Crippen LogP contribution in [0.2, 0.25) is 5.02 Å². The minimum atomic E-state index is -1.07. The first-order valence-corrected chi connectivity index (χ1v) is 9.87. The number of hydrogen-bond donors (Lipinski definition) is 2. The van der Waals surface area contributed by atoms with Gasteiger partial charge in [0, 0.05) is 23.0 Å². The van der Waals surface area contributed by atoms with Crippen LogP contribution < -0.4 is 5.32 Å². The van der Waals surface area contributed by atoms with E-state index in [1.807, 2.05) is 0 Å². The predicted molar refractivity (Wildman–Crippen MR) is 111 cm³/mol. The summed E-state index contributed by atoms with van der Waals surface area (Å²) in [5.41, 5.74) is 1.83. The maximum atomic E-state index is 14.1. The Balaban J connectivity index is 2.11. The summed E-state index contributed by atoms with van der Waals surface area (Å²) >= 11 is 5.95. The molecule has 0 fully saturated rings. The molecule has 2 aromatic carbocycles. The number of rotatable bonds is 10. The first kappa shape index (κ1) is 23.3. The van der Waals surface area contributed by atoms with Crippen molar-refractivity contribution in [1.29, 1.82) is 0 Å². The highest BCUT2D eigenvalue weighted by molar-refractivity contribution is 6.30. The van der Waals surface area contributed by atoms with E-state index in [1.54, 1.807) is 31.2 Å². The number of nitrogens with one attached hydrogen (secondary N) is 1. The minimum absolute atomic E-state index is 0.0443. The van der Waals surface area contributed by atoms with Crippen molar-refractivity contribution in [1.82, 2.24) is 5.32 Å². The number of hydrogen-bond acceptors (Lipinski definition) is 4. The number of ether oxygens (including phenoxy) is 1. The lowest BCUT2D eigenvalue weighted by Crippen LogP contribution is -2.38. The van der Waals surface area contributed by atoms with Crippen molar-refractivity contribution >= 4 is 29.4 Å². The van der Waals surface area contributed by atoms with Gasteiger partial charge in [0.25, 0.3) is 0 Å². The molecule has 0 radical (unpaired) electrons. The van der Waals surface area contributed by atoms with Gasteiger partial charge in [0.15, 0.2) is 0 Å². The molecule has 2 aromatic rings. The fourth-order valence-corrected chi connectivity index (χ4v) is 3.11. The van der Waals surface area contributed by atoms with E-state index in [0.29, 0.717) is 22.6 Å². The summed E-state index contributed by atoms with van der Waals surface area (Å²) in [5, 5.41) is 11.8. The summed E-state index contributed by atoms with van der Waals surface area (Å²) in [6, 6.07) is 10.8. The molecule has 1 atom stereocenters. The third-order valence-corrected chi connectivity index (χ3v) is 4.56. The van der Waals surface area contributed by atoms with E-state index in [2.05, 4.69) is 5.32 Å². The molecule has 0 saturated carbocycles. The van der Waals surface area contributed by atoms with Crippen LogP contribution in [-0.2, 0) is 25.5 Å². The molecular formula is C22H23ClFNO5. The molecule has 0 aliphatic heterocycles. The molecule has 30 heavy (non-hydrogen) atoms. The monoisotopic (exact) mass is 435 g/mol. The molecule has 2 N–H and O–H groups in total. The zero-order valence-corrected chi connectivity index (χ0v) is 17.2. The van der Waals surface area contributed by atoms with E-state index in [1.165, 1.54) is 18.2 Å². The topological polar surface area (TPSA) is 92.7 Å². The Bertz CT molecular complexity index is 901. The molecule has 2 rings (SSSR count). The molecule has 0 spiro atoms. The van der Waals surface area contributed by atoms with E-state index in [4.69, 9.17) is 21.4 Å². The highest BCUT2D eigenvalue weighted by Crippen LogP contribution is 2.26. The van der Waals surface area contributed by atoms with Crippen LogP contribution in [0, 0.1) is 5.82 Å². The quantitative estimate of drug-likeness (QED) is 0.550. The van der Waals surface area contributed by atoms with Gasteiger partial charge < -0.3 is 15.2 Å². The summed E-state index contributed by atoms with van der Waals surface area (Å²) < 4.78 is 19.0. The van der Waals surface area contributed by atoms with Crippen molar-refractivity contribution in [2.75, 3.05) is 6.61 Å². The second kappa shape index (κ2) is 11.3. The predicted octanol–water partition coefficient (Wildman–Crippen LogP) is 3.99. The average Bonchev–Trinajstić information content (AvgIpc) is 2.69. The molecule has 8 heteroatoms. The summed E-state index contributed by atoms with van der Waals surface area (Å²) in [5.74, 6) is -2.38. The molecule has 160 valence electrons. The molecule has 1 unspecified atom stereocenters. The number of carbonyl (C=O) groups excluding carboxylic acids is 2. The van der Waals surface area contributed by atoms with Gasteiger partial charge >= 0.3 is 11.9 Å². The maximum Gasteiger partial charge on any atom is 0.307 e. The normalized spacial score (nSPS) is 11.6. The van der Waals surface area contributed by atoms with Gasteiger partial charge in [0.1, 0.15) is 5.82 Å². The molecule has 0 bridgehead atoms. The SMILES string of the molecule is CCOC(=O)CC(Cc1ccc(-c2cc(Cl)ccc2F)cc1)NC(=O)CCC(=O)O. The van der Waals surface area contributed by atoms with Crippen LogP contribution >= 0.6 is 11.6 Å². The van der Waals surface area contributed by atoms with E-state index in [-0.39, 0.29) is 25.9 Å². The van der Waals surface area contributed by atoms with Crippen LogP contribution in [0.3, 0.4) is 0 Å². The molecule has 0 aromatic heterocycles. The number of esters is 1. The average molecular weight is 436 g/mol. The standard InChI is InChI=1S/C22H23ClFNO5/c1-2-30-22(29)13-17(25-20(26)9-10-21(27)28)11-14-3-5-15(6-4-14)18-12-16(23)7-8-19(18)24/h3-8,12,17H,2,9-11,13H2,1H3,(H,25,26)(H,27,28). The molecule has 6 nitrogen and oxygen atoms in total. The van der Waals surface area contributed by atoms with Gasteiger partial charge in [-0.25, -0.2) is 4.39 Å². The number of carbonyl (C=O) groups is 3. The molecule has 1 amide bonds. The summed E-state index contributed by atoms with van der Waals surface area (Å²) in [6.45, 7) is 1.91. The number of aliphatic carboxylic acids is 1. The van der Waals surface area contributed by atoms with Gasteiger partial charge in [0.2, 0.25) is 5.91 Å². The first-order chi connectivity index (χ1) is 14.3. The van der Waals surface area contributed by atoms with Gasteiger partial charge in [-0.05, 0) is 42.7 Å². The fraction of sp³-hybridized carbons (Fsp3) is 0.318. The number of carboxylic acid groups (broad SMARTS) is 1. The lowest BCUT2D eigenvalue weighted by atomic mass is 9.99. The zero-order chi connectivity index (χ0) is 22.1. The summed E-state index contributed by atoms with van der Waals surface area (Å²) in [7, 11) is 0. The van der Waals surface area contributed by atoms with Crippen molar-refractivity contribution in [2.24, 2.45) is 0 Å². The van der Waals surface area contributed by atoms with Crippen LogP contribution in [0.5, 0.6) is 0 Å². The van der Waals surface area contributed by atoms with Crippen molar-refractivity contribution in [3.8, 4) is 11.1 Å². The van der Waals surface area contributed by atoms with Gasteiger partial charge in [-0.3, -0.25) is 14.4 Å². The lowest BCUT2D eigenvalue weighted by molar-refractivity contribution is -0.144. The molecule has 0 aliphatic carbocycles. The minimum Gasteiger partial charge on any atom is -0.481 e. The van der Waals surface area contributed by atoms with Crippen LogP contribution in [-0.4, -0.2) is 35.6 Å². The second-order valence-corrected chi connectivity index (χ2v) is 7.13. The third kappa shape index (κ3) is 7.48. The van der Waals surface area contributed by atoms with Crippen molar-refractivity contribution in [2.45, 2.75) is 38.6 Å². The Morgan fingerprint density at radius 2 is 1.83 bits per heavy atom. The lowest BCUT2D eigenvalue weighted by Gasteiger charge is -2.18. The van der Waals surface area contributed by atoms with Crippen LogP contribution in [0.25, 0.3) is 11.1 Å². The maximum absolute atomic E-state index is 14.1. The fourth-order valence-electron chi connectivity index (χ4n) is 2.94. The molecular weight excluding hydrogens is 413 g/mol. The molecule has 0 heterocycles. The first-order valence-electron chi connectivity index (χ1n) is 9.49. The van der Waals surface area contributed by atoms with Gasteiger partial charge in [-0.1, -0.05) is 35.9 Å². The van der Waals surface area contributed by atoms with Crippen molar-refractivity contribution < 1.29 is 28.6 Å². The Hall–Kier alpha value is -2.93. The van der Waals surface area contributed by atoms with Gasteiger partial charge in [-0.15, -0.1) is 0 Å². The number of benzene rings is 2. The summed E-state index contributed by atoms with van der Waals surface area (Å²) in [6.07, 6.45) is -0.188. The molecule has 0 aliphatic rings. The Morgan fingerprint density at radius 1 is 1.13 bits per heavy atom. The van der Waals surface area contributed by atoms with Crippen molar-refractivity contribution in [3.63, 3.8) is 0 Å². The number of carboxylic acids is 1. The Kier molecular flexibility index (Phi) is 8.80. The highest BCUT2D eigenvalue weighted by atomic mass is 35.5. The third-order valence-electron chi connectivity index (χ3n) is 4.32. The van der Waals surface area contributed by atoms with Crippen LogP contribution in [0.1, 0.15) is 31.7 Å². The smallest absolute Gasteiger partial charge is 0.307 e. The number of halogens is 2. The highest BCUT2D eigenvalue weighted by Gasteiger charge is 2.19. The van der Waals surface area contributed by atoms with Crippen LogP contribution in [0.4, 0.5) is 4.39 Å². The second-order valence-electron chi connectivity index (χ2n) is 6.69. The van der Waals surface area contributed by atoms with E-state index in [0.717, 1.165) is 5.56 Å². The van der Waals surface area contributed by atoms with Crippen LogP contribution in [0.15, 0.2) is 42.5 Å². The van der Waals surface area contributed by atoms with Gasteiger partial charge in [0.05, 0.1) is 19.4 Å². The Morgan fingerprint density at radius 3 is 2.47 bits per heavy atom. The van der Waals surface area contributed by atoms with E-state index in [9.17, 15) is 18.8 Å². The van der Waals surface area contributed by atoms with Gasteiger partial charge in [-0.2, -0.15) is 0 Å². The van der Waals surface area contributed by atoms with E-state index >= 15 is 0 Å². The zero-order valence-electron chi connectivity index (χ0n) is 16.5. The largest absolute Gasteiger partial charge is 0.481 e. The Labute approximate surface area is 179 Å².